The van der Waals surface area contributed by atoms with Crippen molar-refractivity contribution in [3.63, 3.8) is 0 Å². The smallest absolute Gasteiger partial charge is 0.259 e. The van der Waals surface area contributed by atoms with E-state index in [1.165, 1.54) is 11.0 Å². The van der Waals surface area contributed by atoms with Crippen LogP contribution in [0.1, 0.15) is 39.8 Å². The molecule has 4 aromatic rings. The van der Waals surface area contributed by atoms with Crippen molar-refractivity contribution in [1.82, 2.24) is 14.5 Å². The number of aromatic nitrogens is 2. The fraction of sp³-hybridized carbons (Fsp3) is 0.214. The van der Waals surface area contributed by atoms with Crippen LogP contribution in [-0.2, 0) is 19.5 Å². The minimum Gasteiger partial charge on any atom is -0.294 e. The highest BCUT2D eigenvalue weighted by Crippen LogP contribution is 2.27. The van der Waals surface area contributed by atoms with Crippen molar-refractivity contribution in [1.29, 1.82) is 0 Å². The van der Waals surface area contributed by atoms with Crippen LogP contribution in [0.3, 0.4) is 0 Å². The number of benzene rings is 3. The molecule has 0 amide bonds. The van der Waals surface area contributed by atoms with E-state index in [1.807, 2.05) is 47.9 Å². The van der Waals surface area contributed by atoms with Gasteiger partial charge in [0.15, 0.2) is 0 Å². The van der Waals surface area contributed by atoms with Crippen LogP contribution in [0.2, 0.25) is 0 Å². The van der Waals surface area contributed by atoms with Gasteiger partial charge in [-0.25, -0.2) is 4.98 Å². The lowest BCUT2D eigenvalue weighted by Crippen LogP contribution is -2.40. The summed E-state index contributed by atoms with van der Waals surface area (Å²) in [5.74, 6) is 0.767. The summed E-state index contributed by atoms with van der Waals surface area (Å²) in [5, 5.41) is 0. The summed E-state index contributed by atoms with van der Waals surface area (Å²) in [5.41, 5.74) is 6.56. The van der Waals surface area contributed by atoms with Crippen LogP contribution in [0, 0.1) is 6.92 Å². The highest BCUT2D eigenvalue weighted by molar-refractivity contribution is 6.32. The molecule has 2 heterocycles. The number of hydrogen-bond donors (Lipinski definition) is 0. The van der Waals surface area contributed by atoms with Gasteiger partial charge in [0.2, 0.25) is 0 Å². The number of aryl methyl sites for hydroxylation is 1. The van der Waals surface area contributed by atoms with E-state index >= 15 is 0 Å². The number of rotatable bonds is 5. The third-order valence-electron chi connectivity index (χ3n) is 6.53. The Kier molecular flexibility index (Phi) is 5.97. The molecule has 1 aliphatic heterocycles. The standard InChI is InChI=1S/C28H28BN3O/c1-20-30-26-16-17-31(18-21-12-14-24(29)15-13-21)19-25(26)28(33)32(20)27(22-8-4-2-5-9-22)23-10-6-3-7-11-23/h2-15,27H,16-19,29H2,1H3. The zero-order chi connectivity index (χ0) is 22.8. The molecule has 0 radical (unpaired) electrons. The second-order valence-electron chi connectivity index (χ2n) is 8.93. The van der Waals surface area contributed by atoms with Gasteiger partial charge in [-0.2, -0.15) is 0 Å². The van der Waals surface area contributed by atoms with Crippen LogP contribution in [0.5, 0.6) is 0 Å². The number of nitrogens with zero attached hydrogens (tertiary/aromatic N) is 3. The Morgan fingerprint density at radius 1 is 0.909 bits per heavy atom. The van der Waals surface area contributed by atoms with Crippen molar-refractivity contribution in [3.8, 4) is 0 Å². The lowest BCUT2D eigenvalue weighted by Gasteiger charge is -2.30. The zero-order valence-corrected chi connectivity index (χ0v) is 19.2. The molecular formula is C28H28BN3O. The van der Waals surface area contributed by atoms with E-state index in [-0.39, 0.29) is 11.6 Å². The van der Waals surface area contributed by atoms with Gasteiger partial charge in [-0.1, -0.05) is 90.4 Å². The normalized spacial score (nSPS) is 13.8. The fourth-order valence-electron chi connectivity index (χ4n) is 4.82. The lowest BCUT2D eigenvalue weighted by molar-refractivity contribution is 0.240. The van der Waals surface area contributed by atoms with Gasteiger partial charge in [-0.05, 0) is 23.6 Å². The third-order valence-corrected chi connectivity index (χ3v) is 6.53. The summed E-state index contributed by atoms with van der Waals surface area (Å²) in [6.45, 7) is 4.34. The van der Waals surface area contributed by atoms with Crippen LogP contribution < -0.4 is 11.0 Å². The molecule has 1 aliphatic rings. The van der Waals surface area contributed by atoms with Crippen LogP contribution in [0.25, 0.3) is 0 Å². The molecule has 0 unspecified atom stereocenters. The van der Waals surface area contributed by atoms with E-state index in [9.17, 15) is 4.79 Å². The molecule has 0 saturated carbocycles. The second-order valence-corrected chi connectivity index (χ2v) is 8.93. The van der Waals surface area contributed by atoms with Crippen LogP contribution in [0.15, 0.2) is 89.7 Å². The molecule has 0 bridgehead atoms. The molecule has 5 rings (SSSR count). The maximum atomic E-state index is 14.0. The van der Waals surface area contributed by atoms with Gasteiger partial charge in [0.25, 0.3) is 5.56 Å². The van der Waals surface area contributed by atoms with E-state index in [1.54, 1.807) is 0 Å². The van der Waals surface area contributed by atoms with Gasteiger partial charge in [-0.3, -0.25) is 14.3 Å². The fourth-order valence-corrected chi connectivity index (χ4v) is 4.82. The van der Waals surface area contributed by atoms with Crippen molar-refractivity contribution in [2.24, 2.45) is 0 Å². The SMILES string of the molecule is Bc1ccc(CN2CCc3nc(C)n(C(c4ccccc4)c4ccccc4)c(=O)c3C2)cc1. The molecule has 5 heteroatoms. The summed E-state index contributed by atoms with van der Waals surface area (Å²) in [6, 6.07) is 28.9. The second kappa shape index (κ2) is 9.20. The number of hydrogen-bond acceptors (Lipinski definition) is 3. The predicted octanol–water partition coefficient (Wildman–Crippen LogP) is 3.01. The highest BCUT2D eigenvalue weighted by Gasteiger charge is 2.26. The van der Waals surface area contributed by atoms with Crippen molar-refractivity contribution in [2.75, 3.05) is 6.54 Å². The van der Waals surface area contributed by atoms with E-state index in [0.29, 0.717) is 6.54 Å². The first kappa shape index (κ1) is 21.4. The van der Waals surface area contributed by atoms with Crippen molar-refractivity contribution >= 4 is 13.3 Å². The Hall–Kier alpha value is -3.44. The maximum absolute atomic E-state index is 14.0. The minimum atomic E-state index is -0.204. The first-order valence-electron chi connectivity index (χ1n) is 11.6. The summed E-state index contributed by atoms with van der Waals surface area (Å²) < 4.78 is 1.89. The van der Waals surface area contributed by atoms with E-state index in [2.05, 4.69) is 61.3 Å². The van der Waals surface area contributed by atoms with Gasteiger partial charge >= 0.3 is 0 Å². The maximum Gasteiger partial charge on any atom is 0.259 e. The van der Waals surface area contributed by atoms with Crippen molar-refractivity contribution in [2.45, 2.75) is 32.5 Å². The Balaban J connectivity index is 1.55. The van der Waals surface area contributed by atoms with Crippen LogP contribution >= 0.6 is 0 Å². The Labute approximate surface area is 196 Å². The first-order chi connectivity index (χ1) is 16.1. The molecule has 33 heavy (non-hydrogen) atoms. The Bertz CT molecular complexity index is 1260. The first-order valence-corrected chi connectivity index (χ1v) is 11.6. The molecule has 164 valence electrons. The van der Waals surface area contributed by atoms with E-state index in [0.717, 1.165) is 47.7 Å². The monoisotopic (exact) mass is 433 g/mol. The van der Waals surface area contributed by atoms with Gasteiger partial charge < -0.3 is 0 Å². The Morgan fingerprint density at radius 3 is 2.12 bits per heavy atom. The largest absolute Gasteiger partial charge is 0.294 e. The van der Waals surface area contributed by atoms with Gasteiger partial charge in [-0.15, -0.1) is 0 Å². The summed E-state index contributed by atoms with van der Waals surface area (Å²) >= 11 is 0. The topological polar surface area (TPSA) is 38.1 Å². The molecule has 0 atom stereocenters. The minimum absolute atomic E-state index is 0.0730. The van der Waals surface area contributed by atoms with E-state index < -0.39 is 0 Å². The molecule has 0 spiro atoms. The zero-order valence-electron chi connectivity index (χ0n) is 19.2. The lowest BCUT2D eigenvalue weighted by atomic mass is 9.95. The average Bonchev–Trinajstić information content (AvgIpc) is 2.85. The number of fused-ring (bicyclic) bond motifs is 1. The van der Waals surface area contributed by atoms with E-state index in [4.69, 9.17) is 4.98 Å². The van der Waals surface area contributed by atoms with Crippen molar-refractivity contribution in [3.05, 3.63) is 129 Å². The molecule has 3 aromatic carbocycles. The summed E-state index contributed by atoms with van der Waals surface area (Å²) in [4.78, 5) is 21.3. The third kappa shape index (κ3) is 4.42. The highest BCUT2D eigenvalue weighted by atomic mass is 16.1. The molecular weight excluding hydrogens is 405 g/mol. The molecule has 0 N–H and O–H groups in total. The van der Waals surface area contributed by atoms with Gasteiger partial charge in [0.05, 0.1) is 17.3 Å². The van der Waals surface area contributed by atoms with Crippen LogP contribution in [-0.4, -0.2) is 28.8 Å². The molecule has 0 aliphatic carbocycles. The van der Waals surface area contributed by atoms with Gasteiger partial charge in [0.1, 0.15) is 13.7 Å². The average molecular weight is 433 g/mol. The quantitative estimate of drug-likeness (QED) is 0.455. The molecule has 0 fully saturated rings. The molecule has 1 aromatic heterocycles. The van der Waals surface area contributed by atoms with Gasteiger partial charge in [0, 0.05) is 26.1 Å². The van der Waals surface area contributed by atoms with Crippen molar-refractivity contribution < 1.29 is 0 Å². The summed E-state index contributed by atoms with van der Waals surface area (Å²) in [6.07, 6.45) is 0.805. The molecule has 4 nitrogen and oxygen atoms in total. The Morgan fingerprint density at radius 2 is 1.52 bits per heavy atom. The predicted molar refractivity (Wildman–Crippen MR) is 136 cm³/mol. The summed E-state index contributed by atoms with van der Waals surface area (Å²) in [7, 11) is 2.10. The molecule has 0 saturated heterocycles. The van der Waals surface area contributed by atoms with Crippen LogP contribution in [0.4, 0.5) is 0 Å².